The molecule has 0 amide bonds. The van der Waals surface area contributed by atoms with Gasteiger partial charge >= 0.3 is 0 Å². The fourth-order valence-corrected chi connectivity index (χ4v) is 5.65. The first-order chi connectivity index (χ1) is 18.2. The summed E-state index contributed by atoms with van der Waals surface area (Å²) >= 11 is 10.9. The molecule has 0 bridgehead atoms. The zero-order chi connectivity index (χ0) is 27.2. The summed E-state index contributed by atoms with van der Waals surface area (Å²) in [6, 6.07) is 19.0. The van der Waals surface area contributed by atoms with Gasteiger partial charge in [-0.1, -0.05) is 53.2 Å². The molecule has 0 unspecified atom stereocenters. The Morgan fingerprint density at radius 1 is 1.08 bits per heavy atom. The van der Waals surface area contributed by atoms with Gasteiger partial charge in [0.1, 0.15) is 17.7 Å². The topological polar surface area (TPSA) is 92.3 Å². The molecule has 0 fully saturated rings. The van der Waals surface area contributed by atoms with Crippen molar-refractivity contribution in [3.63, 3.8) is 0 Å². The first-order valence-corrected chi connectivity index (χ1v) is 13.9. The van der Waals surface area contributed by atoms with Crippen LogP contribution in [0, 0.1) is 24.0 Å². The molecular weight excluding hydrogens is 592 g/mol. The minimum absolute atomic E-state index is 0.321. The summed E-state index contributed by atoms with van der Waals surface area (Å²) in [6.45, 7) is 6.19. The van der Waals surface area contributed by atoms with Crippen LogP contribution in [0.4, 0.5) is 0 Å². The molecule has 0 spiro atoms. The summed E-state index contributed by atoms with van der Waals surface area (Å²) in [7, 11) is 0. The van der Waals surface area contributed by atoms with Crippen LogP contribution in [-0.2, 0) is 6.61 Å². The van der Waals surface area contributed by atoms with Crippen LogP contribution < -0.4 is 9.47 Å². The van der Waals surface area contributed by atoms with Gasteiger partial charge in [-0.15, -0.1) is 10.2 Å². The number of hydrogen-bond acceptors (Lipinski definition) is 7. The van der Waals surface area contributed by atoms with Crippen molar-refractivity contribution in [1.82, 2.24) is 14.8 Å². The summed E-state index contributed by atoms with van der Waals surface area (Å²) in [5.41, 5.74) is 3.71. The standard InChI is InChI=1S/C27H26BrClN4O4S/c1-4-36-24-14-20(13-23(28)26(24)37-16-19-7-5-17(2)6-8-19)25(15-32(34)35)38-27-31-30-18(3)33(27)22-11-9-21(29)10-12-22/h5-14,25H,4,15-16H2,1-3H3/t25-/m0/s1. The highest BCUT2D eigenvalue weighted by molar-refractivity contribution is 9.10. The molecule has 3 aromatic carbocycles. The fourth-order valence-electron chi connectivity index (χ4n) is 3.80. The Morgan fingerprint density at radius 3 is 2.45 bits per heavy atom. The Bertz CT molecular complexity index is 1410. The highest BCUT2D eigenvalue weighted by Gasteiger charge is 2.26. The van der Waals surface area contributed by atoms with Gasteiger partial charge in [0.2, 0.25) is 6.54 Å². The second kappa shape index (κ2) is 12.6. The Balaban J connectivity index is 1.66. The third-order valence-electron chi connectivity index (χ3n) is 5.65. The van der Waals surface area contributed by atoms with Gasteiger partial charge in [0, 0.05) is 15.6 Å². The zero-order valence-electron chi connectivity index (χ0n) is 21.1. The number of nitro groups is 1. The smallest absolute Gasteiger partial charge is 0.220 e. The van der Waals surface area contributed by atoms with Crippen LogP contribution in [0.1, 0.15) is 34.7 Å². The molecule has 1 heterocycles. The average molecular weight is 618 g/mol. The zero-order valence-corrected chi connectivity index (χ0v) is 24.2. The number of thioether (sulfide) groups is 1. The number of halogens is 2. The Morgan fingerprint density at radius 2 is 1.79 bits per heavy atom. The molecular formula is C27H26BrClN4O4S. The van der Waals surface area contributed by atoms with Crippen molar-refractivity contribution in [3.8, 4) is 17.2 Å². The van der Waals surface area contributed by atoms with Crippen molar-refractivity contribution in [1.29, 1.82) is 0 Å². The van der Waals surface area contributed by atoms with Crippen LogP contribution in [0.5, 0.6) is 11.5 Å². The first-order valence-electron chi connectivity index (χ1n) is 11.9. The highest BCUT2D eigenvalue weighted by Crippen LogP contribution is 2.43. The minimum Gasteiger partial charge on any atom is -0.490 e. The second-order valence-electron chi connectivity index (χ2n) is 8.50. The number of benzene rings is 3. The molecule has 38 heavy (non-hydrogen) atoms. The van der Waals surface area contributed by atoms with E-state index in [-0.39, 0.29) is 11.5 Å². The quantitative estimate of drug-likeness (QED) is 0.0984. The lowest BCUT2D eigenvalue weighted by molar-refractivity contribution is -0.479. The molecule has 1 atom stereocenters. The van der Waals surface area contributed by atoms with Crippen LogP contribution in [0.2, 0.25) is 5.02 Å². The van der Waals surface area contributed by atoms with Crippen molar-refractivity contribution in [2.24, 2.45) is 0 Å². The van der Waals surface area contributed by atoms with E-state index in [1.807, 2.05) is 67.8 Å². The molecule has 0 aliphatic heterocycles. The van der Waals surface area contributed by atoms with Crippen molar-refractivity contribution in [3.05, 3.63) is 103 Å². The predicted molar refractivity (Wildman–Crippen MR) is 152 cm³/mol. The van der Waals surface area contributed by atoms with E-state index in [0.717, 1.165) is 11.3 Å². The number of ether oxygens (including phenoxy) is 2. The Labute approximate surface area is 238 Å². The number of aromatic nitrogens is 3. The number of rotatable bonds is 11. The van der Waals surface area contributed by atoms with E-state index in [9.17, 15) is 10.1 Å². The number of hydrogen-bond donors (Lipinski definition) is 0. The van der Waals surface area contributed by atoms with Crippen molar-refractivity contribution in [2.45, 2.75) is 37.8 Å². The molecule has 1 aromatic heterocycles. The number of nitrogens with zero attached hydrogens (tertiary/aromatic N) is 4. The van der Waals surface area contributed by atoms with Crippen molar-refractivity contribution >= 4 is 39.3 Å². The van der Waals surface area contributed by atoms with Crippen molar-refractivity contribution in [2.75, 3.05) is 13.2 Å². The van der Waals surface area contributed by atoms with Gasteiger partial charge in [-0.2, -0.15) is 0 Å². The monoisotopic (exact) mass is 616 g/mol. The Hall–Kier alpha value is -3.08. The molecule has 0 N–H and O–H groups in total. The Kier molecular flexibility index (Phi) is 9.30. The van der Waals surface area contributed by atoms with E-state index in [0.29, 0.717) is 50.8 Å². The largest absolute Gasteiger partial charge is 0.490 e. The van der Waals surface area contributed by atoms with Gasteiger partial charge < -0.3 is 9.47 Å². The summed E-state index contributed by atoms with van der Waals surface area (Å²) < 4.78 is 14.5. The normalized spacial score (nSPS) is 11.8. The van der Waals surface area contributed by atoms with Crippen LogP contribution in [-0.4, -0.2) is 32.8 Å². The van der Waals surface area contributed by atoms with E-state index in [1.54, 1.807) is 18.2 Å². The number of aryl methyl sites for hydroxylation is 2. The van der Waals surface area contributed by atoms with Crippen LogP contribution in [0.15, 0.2) is 70.3 Å². The molecule has 0 saturated carbocycles. The molecule has 198 valence electrons. The molecule has 4 rings (SSSR count). The van der Waals surface area contributed by atoms with Crippen LogP contribution >= 0.6 is 39.3 Å². The van der Waals surface area contributed by atoms with E-state index in [1.165, 1.54) is 17.3 Å². The van der Waals surface area contributed by atoms with E-state index < -0.39 is 5.25 Å². The lowest BCUT2D eigenvalue weighted by Gasteiger charge is -2.19. The second-order valence-corrected chi connectivity index (χ2v) is 11.0. The maximum Gasteiger partial charge on any atom is 0.220 e. The third-order valence-corrected chi connectivity index (χ3v) is 7.67. The molecule has 4 aromatic rings. The molecule has 8 nitrogen and oxygen atoms in total. The van der Waals surface area contributed by atoms with Gasteiger partial charge in [0.25, 0.3) is 0 Å². The first kappa shape index (κ1) is 27.9. The predicted octanol–water partition coefficient (Wildman–Crippen LogP) is 7.39. The van der Waals surface area contributed by atoms with Crippen molar-refractivity contribution < 1.29 is 14.4 Å². The van der Waals surface area contributed by atoms with Gasteiger partial charge in [0.15, 0.2) is 16.7 Å². The summed E-state index contributed by atoms with van der Waals surface area (Å²) in [4.78, 5) is 11.4. The maximum atomic E-state index is 11.7. The molecule has 0 radical (unpaired) electrons. The van der Waals surface area contributed by atoms with Gasteiger partial charge in [-0.25, -0.2) is 0 Å². The van der Waals surface area contributed by atoms with Gasteiger partial charge in [-0.05, 0) is 84.2 Å². The van der Waals surface area contributed by atoms with Crippen LogP contribution in [0.25, 0.3) is 5.69 Å². The molecule has 11 heteroatoms. The van der Waals surface area contributed by atoms with E-state index >= 15 is 0 Å². The maximum absolute atomic E-state index is 11.7. The lowest BCUT2D eigenvalue weighted by atomic mass is 10.1. The van der Waals surface area contributed by atoms with E-state index in [4.69, 9.17) is 21.1 Å². The molecule has 0 aliphatic rings. The summed E-state index contributed by atoms with van der Waals surface area (Å²) in [5, 5.41) is 20.8. The third kappa shape index (κ3) is 6.86. The SMILES string of the molecule is CCOc1cc([C@H](C[N+](=O)[O-])Sc2nnc(C)n2-c2ccc(Cl)cc2)cc(Br)c1OCc1ccc(C)cc1. The van der Waals surface area contributed by atoms with E-state index in [2.05, 4.69) is 26.1 Å². The molecule has 0 aliphatic carbocycles. The lowest BCUT2D eigenvalue weighted by Crippen LogP contribution is -2.12. The fraction of sp³-hybridized carbons (Fsp3) is 0.259. The highest BCUT2D eigenvalue weighted by atomic mass is 79.9. The van der Waals surface area contributed by atoms with Gasteiger partial charge in [-0.3, -0.25) is 14.7 Å². The molecule has 0 saturated heterocycles. The van der Waals surface area contributed by atoms with Gasteiger partial charge in [0.05, 0.1) is 11.1 Å². The minimum atomic E-state index is -0.568. The summed E-state index contributed by atoms with van der Waals surface area (Å²) in [6.07, 6.45) is 0. The van der Waals surface area contributed by atoms with Crippen LogP contribution in [0.3, 0.4) is 0 Å². The summed E-state index contributed by atoms with van der Waals surface area (Å²) in [5.74, 6) is 1.71. The average Bonchev–Trinajstić information content (AvgIpc) is 3.24.